The molecule has 0 amide bonds. The number of hydrogen-bond acceptors (Lipinski definition) is 10. The molecule has 0 spiro atoms. The van der Waals surface area contributed by atoms with Crippen LogP contribution in [0.25, 0.3) is 44.3 Å². The second-order valence-electron chi connectivity index (χ2n) is 13.8. The minimum Gasteiger partial charge on any atom is -0.493 e. The molecule has 1 aliphatic heterocycles. The van der Waals surface area contributed by atoms with Crippen LogP contribution in [0, 0.1) is 23.5 Å². The van der Waals surface area contributed by atoms with Crippen molar-refractivity contribution in [3.8, 4) is 74.5 Å². The molecule has 3 heterocycles. The lowest BCUT2D eigenvalue weighted by Gasteiger charge is -2.23. The van der Waals surface area contributed by atoms with Crippen LogP contribution in [-0.2, 0) is 17.8 Å². The number of alkyl halides is 1. The highest BCUT2D eigenvalue weighted by Gasteiger charge is 2.30. The lowest BCUT2D eigenvalue weighted by Crippen LogP contribution is -2.15. The summed E-state index contributed by atoms with van der Waals surface area (Å²) in [5.74, 6) is 8.17. The van der Waals surface area contributed by atoms with Crippen molar-refractivity contribution in [1.82, 2.24) is 4.57 Å². The second kappa shape index (κ2) is 19.5. The second-order valence-corrected chi connectivity index (χ2v) is 14.6. The molecule has 11 nitrogen and oxygen atoms in total. The maximum absolute atomic E-state index is 14.6. The number of ether oxygens (including phenoxy) is 7. The summed E-state index contributed by atoms with van der Waals surface area (Å²) >= 11 is 1.88. The zero-order valence-corrected chi connectivity index (χ0v) is 37.4. The van der Waals surface area contributed by atoms with Crippen LogP contribution in [0.1, 0.15) is 30.5 Å². The molecule has 8 rings (SSSR count). The summed E-state index contributed by atoms with van der Waals surface area (Å²) in [5, 5.41) is 1.15. The Bertz CT molecular complexity index is 2980. The molecule has 0 bridgehead atoms. The van der Waals surface area contributed by atoms with Gasteiger partial charge in [-0.15, -0.1) is 0 Å². The number of esters is 1. The molecule has 324 valence electrons. The Kier molecular flexibility index (Phi) is 13.8. The average Bonchev–Trinajstić information content (AvgIpc) is 3.65. The minimum atomic E-state index is -0.495. The highest BCUT2D eigenvalue weighted by molar-refractivity contribution is 14.1. The molecular formula is C49H42F2INO10. The molecule has 63 heavy (non-hydrogen) atoms. The largest absolute Gasteiger partial charge is 0.493 e. The van der Waals surface area contributed by atoms with Gasteiger partial charge in [0.05, 0.1) is 57.3 Å². The van der Waals surface area contributed by atoms with E-state index >= 15 is 0 Å². The Balaban J connectivity index is 0.000000207. The van der Waals surface area contributed by atoms with Gasteiger partial charge in [0, 0.05) is 40.1 Å². The zero-order chi connectivity index (χ0) is 44.8. The Morgan fingerprint density at radius 2 is 1.38 bits per heavy atom. The van der Waals surface area contributed by atoms with Crippen LogP contribution >= 0.6 is 22.6 Å². The number of carbonyl (C=O) groups excluding carboxylic acids is 1. The maximum Gasteiger partial charge on any atom is 0.361 e. The molecule has 0 saturated carbocycles. The molecule has 5 aromatic carbocycles. The smallest absolute Gasteiger partial charge is 0.361 e. The molecular weight excluding hydrogens is 927 g/mol. The summed E-state index contributed by atoms with van der Waals surface area (Å²) in [6, 6.07) is 23.0. The van der Waals surface area contributed by atoms with Crippen LogP contribution in [0.5, 0.6) is 40.2 Å². The molecule has 1 aliphatic rings. The first-order valence-corrected chi connectivity index (χ1v) is 21.3. The third kappa shape index (κ3) is 9.10. The van der Waals surface area contributed by atoms with E-state index < -0.39 is 23.2 Å². The Morgan fingerprint density at radius 1 is 0.730 bits per heavy atom. The summed E-state index contributed by atoms with van der Waals surface area (Å²) in [7, 11) is 6.35. The number of nitrogens with zero attached hydrogens (tertiary/aromatic N) is 1. The van der Waals surface area contributed by atoms with Crippen molar-refractivity contribution >= 4 is 50.4 Å². The van der Waals surface area contributed by atoms with Gasteiger partial charge in [0.25, 0.3) is 0 Å². The van der Waals surface area contributed by atoms with E-state index in [1.807, 2.05) is 71.3 Å². The number of carbonyl (C=O) groups is 1. The number of rotatable bonds is 11. The predicted octanol–water partition coefficient (Wildman–Crippen LogP) is 10.2. The van der Waals surface area contributed by atoms with Crippen LogP contribution in [0.2, 0.25) is 0 Å². The normalized spacial score (nSPS) is 11.3. The van der Waals surface area contributed by atoms with Gasteiger partial charge >= 0.3 is 11.6 Å². The topological polar surface area (TPSA) is 117 Å². The fourth-order valence-corrected chi connectivity index (χ4v) is 7.65. The van der Waals surface area contributed by atoms with E-state index in [0.717, 1.165) is 34.0 Å². The lowest BCUT2D eigenvalue weighted by molar-refractivity contribution is -0.131. The SMILES string of the molecule is CCOc1cc(-c2c3n(c4c(=O)oc5ccc(F)cc5c24)CCc2cc(OC)c(OC)cc2-3)ccc1OC.CCOc1cc(C#Cc2ccc(F)cc2OC(=O)CI)ccc1OC. The molecule has 2 aromatic heterocycles. The van der Waals surface area contributed by atoms with Crippen LogP contribution in [0.3, 0.4) is 0 Å². The van der Waals surface area contributed by atoms with Crippen LogP contribution in [0.4, 0.5) is 8.78 Å². The summed E-state index contributed by atoms with van der Waals surface area (Å²) in [6.45, 7) is 5.27. The molecule has 0 N–H and O–H groups in total. The van der Waals surface area contributed by atoms with Crippen molar-refractivity contribution in [3.63, 3.8) is 0 Å². The molecule has 0 radical (unpaired) electrons. The number of methoxy groups -OCH3 is 4. The van der Waals surface area contributed by atoms with Gasteiger partial charge in [-0.2, -0.15) is 0 Å². The first-order chi connectivity index (χ1) is 30.5. The maximum atomic E-state index is 14.6. The minimum absolute atomic E-state index is 0.104. The molecule has 0 atom stereocenters. The first kappa shape index (κ1) is 44.3. The van der Waals surface area contributed by atoms with Gasteiger partial charge in [0.15, 0.2) is 34.5 Å². The van der Waals surface area contributed by atoms with Crippen molar-refractivity contribution < 1.29 is 51.2 Å². The van der Waals surface area contributed by atoms with E-state index in [9.17, 15) is 18.4 Å². The van der Waals surface area contributed by atoms with Crippen molar-refractivity contribution in [3.05, 3.63) is 124 Å². The third-order valence-electron chi connectivity index (χ3n) is 10.2. The Morgan fingerprint density at radius 3 is 2.06 bits per heavy atom. The number of halogens is 3. The summed E-state index contributed by atoms with van der Waals surface area (Å²) in [5.41, 5.74) is 5.70. The number of aromatic nitrogens is 1. The molecule has 0 fully saturated rings. The number of aryl methyl sites for hydroxylation is 2. The Hall–Kier alpha value is -6.73. The summed E-state index contributed by atoms with van der Waals surface area (Å²) < 4.78 is 74.3. The summed E-state index contributed by atoms with van der Waals surface area (Å²) in [4.78, 5) is 24.9. The number of hydrogen-bond donors (Lipinski definition) is 0. The highest BCUT2D eigenvalue weighted by Crippen LogP contribution is 2.49. The number of benzene rings is 5. The van der Waals surface area contributed by atoms with Gasteiger partial charge in [-0.3, -0.25) is 4.79 Å². The van der Waals surface area contributed by atoms with Crippen molar-refractivity contribution in [2.45, 2.75) is 26.8 Å². The van der Waals surface area contributed by atoms with Gasteiger partial charge < -0.3 is 42.1 Å². The standard InChI is InChI=1S/C30H26FNO6.C19H16FIO4/c1-5-37-25-13-17(6-8-22(25)34-2)26-27-20-14-18(31)7-9-21(20)38-30(33)29(27)32-11-10-16-12-23(35-3)24(36-4)15-19(16)28(26)32;1-3-24-18-10-13(5-9-16(18)23-2)4-6-14-7-8-15(20)11-17(14)25-19(22)12-21/h6-9,12-15H,5,10-11H2,1-4H3;5,7-11H,3,12H2,1-2H3. The molecule has 0 saturated heterocycles. The van der Waals surface area contributed by atoms with E-state index in [1.165, 1.54) is 30.3 Å². The monoisotopic (exact) mass is 969 g/mol. The van der Waals surface area contributed by atoms with E-state index in [-0.39, 0.29) is 10.2 Å². The van der Waals surface area contributed by atoms with E-state index in [1.54, 1.807) is 46.6 Å². The van der Waals surface area contributed by atoms with E-state index in [4.69, 9.17) is 37.6 Å². The van der Waals surface area contributed by atoms with Gasteiger partial charge in [0.2, 0.25) is 0 Å². The third-order valence-corrected chi connectivity index (χ3v) is 10.8. The Labute approximate surface area is 375 Å². The molecule has 14 heteroatoms. The fourth-order valence-electron chi connectivity index (χ4n) is 7.49. The van der Waals surface area contributed by atoms with Gasteiger partial charge in [-0.05, 0) is 104 Å². The molecule has 0 aliphatic carbocycles. The van der Waals surface area contributed by atoms with Gasteiger partial charge in [-0.25, -0.2) is 13.6 Å². The van der Waals surface area contributed by atoms with Crippen LogP contribution < -0.4 is 38.8 Å². The fraction of sp³-hybridized carbons (Fsp3) is 0.224. The van der Waals surface area contributed by atoms with Gasteiger partial charge in [-0.1, -0.05) is 40.5 Å². The summed E-state index contributed by atoms with van der Waals surface area (Å²) in [6.07, 6.45) is 0.666. The number of fused-ring (bicyclic) bond motifs is 7. The van der Waals surface area contributed by atoms with Gasteiger partial charge in [0.1, 0.15) is 28.5 Å². The van der Waals surface area contributed by atoms with E-state index in [2.05, 4.69) is 11.8 Å². The quantitative estimate of drug-likeness (QED) is 0.0310. The lowest BCUT2D eigenvalue weighted by atomic mass is 9.91. The highest BCUT2D eigenvalue weighted by atomic mass is 127. The predicted molar refractivity (Wildman–Crippen MR) is 244 cm³/mol. The van der Waals surface area contributed by atoms with Crippen LogP contribution in [-0.4, -0.2) is 56.6 Å². The van der Waals surface area contributed by atoms with Crippen molar-refractivity contribution in [2.24, 2.45) is 0 Å². The van der Waals surface area contributed by atoms with Crippen molar-refractivity contribution in [2.75, 3.05) is 46.1 Å². The molecule has 7 aromatic rings. The molecule has 0 unspecified atom stereocenters. The van der Waals surface area contributed by atoms with Crippen molar-refractivity contribution in [1.29, 1.82) is 0 Å². The van der Waals surface area contributed by atoms with Crippen LogP contribution in [0.15, 0.2) is 94.1 Å². The zero-order valence-electron chi connectivity index (χ0n) is 35.3. The average molecular weight is 970 g/mol. The van der Waals surface area contributed by atoms with E-state index in [0.29, 0.717) is 93.7 Å². The first-order valence-electron chi connectivity index (χ1n) is 19.8.